The monoisotopic (exact) mass is 494 g/mol. The third kappa shape index (κ3) is 3.11. The van der Waals surface area contributed by atoms with Gasteiger partial charge in [-0.05, 0) is 106 Å². The molecule has 0 aliphatic heterocycles. The molecule has 0 saturated heterocycles. The lowest BCUT2D eigenvalue weighted by Gasteiger charge is -2.14. The number of carbonyl (C=O) groups excluding carboxylic acids is 1. The summed E-state index contributed by atoms with van der Waals surface area (Å²) in [6.45, 7) is 0. The van der Waals surface area contributed by atoms with Gasteiger partial charge in [-0.3, -0.25) is 4.79 Å². The van der Waals surface area contributed by atoms with Gasteiger partial charge in [-0.15, -0.1) is 0 Å². The first kappa shape index (κ1) is 20.3. The van der Waals surface area contributed by atoms with Crippen LogP contribution in [0, 0.1) is 0 Å². The summed E-state index contributed by atoms with van der Waals surface area (Å²) in [6.07, 6.45) is 1.39. The zero-order valence-electron chi connectivity index (χ0n) is 16.6. The van der Waals surface area contributed by atoms with Crippen LogP contribution in [0.3, 0.4) is 0 Å². The van der Waals surface area contributed by atoms with Crippen molar-refractivity contribution in [1.82, 2.24) is 0 Å². The summed E-state index contributed by atoms with van der Waals surface area (Å²) < 4.78 is 0. The van der Waals surface area contributed by atoms with E-state index >= 15 is 0 Å². The second-order valence-corrected chi connectivity index (χ2v) is 10.0. The van der Waals surface area contributed by atoms with Gasteiger partial charge in [0.2, 0.25) is 0 Å². The van der Waals surface area contributed by atoms with Gasteiger partial charge in [0.25, 0.3) is 0 Å². The summed E-state index contributed by atoms with van der Waals surface area (Å²) in [5.74, 6) is -0.0897. The van der Waals surface area contributed by atoms with Crippen molar-refractivity contribution < 1.29 is 4.79 Å². The average molecular weight is 496 g/mol. The summed E-state index contributed by atoms with van der Waals surface area (Å²) in [5, 5.41) is 2.44. The maximum atomic E-state index is 14.1. The number of carbonyl (C=O) groups is 1. The second kappa shape index (κ2) is 7.37. The van der Waals surface area contributed by atoms with Gasteiger partial charge in [-0.1, -0.05) is 58.5 Å². The predicted molar refractivity (Wildman–Crippen MR) is 133 cm³/mol. The Morgan fingerprint density at radius 1 is 0.531 bits per heavy atom. The van der Waals surface area contributed by atoms with Crippen LogP contribution in [0.4, 0.5) is 0 Å². The third-order valence-corrected chi connectivity index (χ3v) is 7.20. The first-order valence-electron chi connectivity index (χ1n) is 10.2. The lowest BCUT2D eigenvalue weighted by atomic mass is 9.89. The zero-order valence-corrected chi connectivity index (χ0v) is 19.6. The van der Waals surface area contributed by atoms with Gasteiger partial charge < -0.3 is 0 Å². The number of halogens is 4. The molecule has 0 spiro atoms. The fourth-order valence-corrected chi connectivity index (χ4v) is 5.93. The Morgan fingerprint density at radius 3 is 1.38 bits per heavy atom. The van der Waals surface area contributed by atoms with Gasteiger partial charge in [-0.2, -0.15) is 0 Å². The molecule has 0 bridgehead atoms. The molecule has 0 atom stereocenters. The molecule has 0 N–H and O–H groups in total. The average Bonchev–Trinajstić information content (AvgIpc) is 3.28. The van der Waals surface area contributed by atoms with Crippen LogP contribution in [0.15, 0.2) is 60.7 Å². The summed E-state index contributed by atoms with van der Waals surface area (Å²) in [4.78, 5) is 14.1. The van der Waals surface area contributed by atoms with Gasteiger partial charge in [0, 0.05) is 31.2 Å². The number of ketones is 1. The van der Waals surface area contributed by atoms with E-state index < -0.39 is 0 Å². The Labute approximate surface area is 205 Å². The minimum Gasteiger partial charge on any atom is -0.289 e. The van der Waals surface area contributed by atoms with E-state index in [4.69, 9.17) is 46.4 Å². The van der Waals surface area contributed by atoms with Crippen LogP contribution in [-0.4, -0.2) is 5.78 Å². The van der Waals surface area contributed by atoms with Crippen LogP contribution in [-0.2, 0) is 12.8 Å². The van der Waals surface area contributed by atoms with Crippen molar-refractivity contribution in [3.63, 3.8) is 0 Å². The molecule has 0 heterocycles. The minimum absolute atomic E-state index is 0.0897. The number of hydrogen-bond acceptors (Lipinski definition) is 1. The Bertz CT molecular complexity index is 1370. The number of rotatable bonds is 2. The summed E-state index contributed by atoms with van der Waals surface area (Å²) in [6, 6.07) is 19.0. The van der Waals surface area contributed by atoms with Crippen LogP contribution in [0.2, 0.25) is 20.1 Å². The van der Waals surface area contributed by atoms with Crippen molar-refractivity contribution in [1.29, 1.82) is 0 Å². The highest BCUT2D eigenvalue weighted by Crippen LogP contribution is 2.45. The third-order valence-electron chi connectivity index (χ3n) is 6.29. The van der Waals surface area contributed by atoms with E-state index in [2.05, 4.69) is 0 Å². The molecule has 0 fully saturated rings. The molecule has 5 heteroatoms. The predicted octanol–water partition coefficient (Wildman–Crippen LogP) is 8.67. The molecule has 2 aliphatic rings. The summed E-state index contributed by atoms with van der Waals surface area (Å²) in [7, 11) is 0. The van der Waals surface area contributed by atoms with Gasteiger partial charge in [0.1, 0.15) is 0 Å². The van der Waals surface area contributed by atoms with Crippen LogP contribution >= 0.6 is 46.4 Å². The minimum atomic E-state index is -0.0897. The quantitative estimate of drug-likeness (QED) is 0.219. The maximum Gasteiger partial charge on any atom is 0.194 e. The summed E-state index contributed by atoms with van der Waals surface area (Å²) >= 11 is 25.4. The Balaban J connectivity index is 1.58. The molecule has 4 aromatic rings. The van der Waals surface area contributed by atoms with E-state index in [1.165, 1.54) is 0 Å². The van der Waals surface area contributed by atoms with Crippen molar-refractivity contribution in [3.8, 4) is 22.3 Å². The first-order chi connectivity index (χ1) is 15.4. The molecular weight excluding hydrogens is 482 g/mol. The topological polar surface area (TPSA) is 17.1 Å². The van der Waals surface area contributed by atoms with Crippen LogP contribution in [0.1, 0.15) is 38.2 Å². The van der Waals surface area contributed by atoms with E-state index in [-0.39, 0.29) is 5.78 Å². The SMILES string of the molecule is O=C(c1cc(Cl)cc2c1-c1ccc(Cl)cc1C2)c1cc(Cl)cc2c1-c1ccc(Cl)cc1C2. The van der Waals surface area contributed by atoms with Crippen molar-refractivity contribution in [2.75, 3.05) is 0 Å². The fraction of sp³-hybridized carbons (Fsp3) is 0.0741. The Hall–Kier alpha value is -2.29. The maximum absolute atomic E-state index is 14.1. The van der Waals surface area contributed by atoms with E-state index in [1.807, 2.05) is 48.5 Å². The number of fused-ring (bicyclic) bond motifs is 6. The van der Waals surface area contributed by atoms with Crippen LogP contribution in [0.25, 0.3) is 22.3 Å². The molecule has 0 aromatic heterocycles. The van der Waals surface area contributed by atoms with E-state index in [9.17, 15) is 4.79 Å². The largest absolute Gasteiger partial charge is 0.289 e. The number of benzene rings is 4. The summed E-state index contributed by atoms with van der Waals surface area (Å²) in [5.41, 5.74) is 9.32. The fourth-order valence-electron chi connectivity index (χ4n) is 5.06. The second-order valence-electron chi connectivity index (χ2n) is 8.26. The highest BCUT2D eigenvalue weighted by molar-refractivity contribution is 6.33. The van der Waals surface area contributed by atoms with Gasteiger partial charge in [0.05, 0.1) is 0 Å². The van der Waals surface area contributed by atoms with Crippen molar-refractivity contribution in [3.05, 3.63) is 114 Å². The highest BCUT2D eigenvalue weighted by Gasteiger charge is 2.30. The Morgan fingerprint density at radius 2 is 0.938 bits per heavy atom. The number of hydrogen-bond donors (Lipinski definition) is 0. The molecule has 6 rings (SSSR count). The van der Waals surface area contributed by atoms with Gasteiger partial charge in [0.15, 0.2) is 5.78 Å². The molecule has 0 radical (unpaired) electrons. The van der Waals surface area contributed by atoms with Crippen molar-refractivity contribution in [2.24, 2.45) is 0 Å². The normalized spacial score (nSPS) is 12.9. The molecule has 0 amide bonds. The van der Waals surface area contributed by atoms with Crippen molar-refractivity contribution in [2.45, 2.75) is 12.8 Å². The molecule has 0 unspecified atom stereocenters. The van der Waals surface area contributed by atoms with E-state index in [0.29, 0.717) is 44.1 Å². The molecule has 0 saturated carbocycles. The van der Waals surface area contributed by atoms with Gasteiger partial charge >= 0.3 is 0 Å². The Kier molecular flexibility index (Phi) is 4.68. The molecule has 156 valence electrons. The molecular formula is C27H14Cl4O. The lowest BCUT2D eigenvalue weighted by Crippen LogP contribution is -2.07. The first-order valence-corrected chi connectivity index (χ1v) is 11.7. The van der Waals surface area contributed by atoms with Crippen molar-refractivity contribution >= 4 is 52.2 Å². The zero-order chi connectivity index (χ0) is 22.1. The van der Waals surface area contributed by atoms with Gasteiger partial charge in [-0.25, -0.2) is 0 Å². The van der Waals surface area contributed by atoms with E-state index in [0.717, 1.165) is 44.5 Å². The molecule has 2 aliphatic carbocycles. The standard InChI is InChI=1S/C27H14Cl4O/c28-17-1-3-21-13(7-17)5-15-9-19(30)11-23(25(15)21)27(32)24-12-20(31)10-16-6-14-8-18(29)2-4-22(14)26(16)24/h1-4,7-12H,5-6H2. The molecule has 1 nitrogen and oxygen atoms in total. The van der Waals surface area contributed by atoms with Crippen LogP contribution in [0.5, 0.6) is 0 Å². The molecule has 4 aromatic carbocycles. The lowest BCUT2D eigenvalue weighted by molar-refractivity contribution is 0.104. The molecule has 32 heavy (non-hydrogen) atoms. The van der Waals surface area contributed by atoms with Crippen LogP contribution < -0.4 is 0 Å². The smallest absolute Gasteiger partial charge is 0.194 e. The highest BCUT2D eigenvalue weighted by atomic mass is 35.5. The van der Waals surface area contributed by atoms with E-state index in [1.54, 1.807) is 12.1 Å².